The van der Waals surface area contributed by atoms with E-state index in [9.17, 15) is 4.79 Å². The van der Waals surface area contributed by atoms with Crippen molar-refractivity contribution in [3.63, 3.8) is 0 Å². The number of benzene rings is 3. The number of hydrogen-bond acceptors (Lipinski definition) is 4. The van der Waals surface area contributed by atoms with Gasteiger partial charge in [0, 0.05) is 47.5 Å². The molecule has 32 heavy (non-hydrogen) atoms. The number of nitrogens with zero attached hydrogens (tertiary/aromatic N) is 3. The second-order valence-electron chi connectivity index (χ2n) is 7.94. The summed E-state index contributed by atoms with van der Waals surface area (Å²) in [5.74, 6) is -0.196. The van der Waals surface area contributed by atoms with Crippen LogP contribution in [0.4, 0.5) is 5.69 Å². The van der Waals surface area contributed by atoms with Gasteiger partial charge in [-0.25, -0.2) is 5.43 Å². The number of carbonyl (C=O) groups excluding carboxylic acids is 1. The topological polar surface area (TPSA) is 47.9 Å². The molecule has 1 amide bonds. The standard InChI is InChI=1S/C26H27IN4O/c1-20(23-6-5-7-24(27)18-23)28-29-26(32)22-12-10-21(11-13-22)19-30-14-16-31(17-15-30)25-8-3-2-4-9-25/h2-13,18H,14-17,19H2,1H3,(H,29,32)/b28-20-. The highest BCUT2D eigenvalue weighted by Crippen LogP contribution is 2.17. The Morgan fingerprint density at radius 1 is 0.906 bits per heavy atom. The van der Waals surface area contributed by atoms with E-state index in [2.05, 4.69) is 73.2 Å². The minimum Gasteiger partial charge on any atom is -0.369 e. The van der Waals surface area contributed by atoms with Crippen LogP contribution in [0.5, 0.6) is 0 Å². The first-order valence-corrected chi connectivity index (χ1v) is 11.9. The number of halogens is 1. The Bertz CT molecular complexity index is 1070. The Morgan fingerprint density at radius 3 is 2.31 bits per heavy atom. The zero-order valence-corrected chi connectivity index (χ0v) is 20.3. The van der Waals surface area contributed by atoms with Gasteiger partial charge < -0.3 is 4.90 Å². The van der Waals surface area contributed by atoms with Crippen molar-refractivity contribution in [3.05, 3.63) is 99.1 Å². The fourth-order valence-corrected chi connectivity index (χ4v) is 4.34. The third-order valence-electron chi connectivity index (χ3n) is 5.68. The molecule has 0 atom stereocenters. The molecule has 6 heteroatoms. The molecule has 1 fully saturated rings. The first kappa shape index (κ1) is 22.5. The molecule has 1 saturated heterocycles. The lowest BCUT2D eigenvalue weighted by Crippen LogP contribution is -2.45. The fraction of sp³-hybridized carbons (Fsp3) is 0.231. The van der Waals surface area contributed by atoms with Gasteiger partial charge in [-0.2, -0.15) is 5.10 Å². The van der Waals surface area contributed by atoms with Crippen LogP contribution in [0.25, 0.3) is 0 Å². The maximum absolute atomic E-state index is 12.5. The van der Waals surface area contributed by atoms with Gasteiger partial charge in [0.2, 0.25) is 0 Å². The zero-order chi connectivity index (χ0) is 22.3. The van der Waals surface area contributed by atoms with E-state index in [0.717, 1.165) is 47.6 Å². The van der Waals surface area contributed by atoms with E-state index >= 15 is 0 Å². The molecule has 0 spiro atoms. The SMILES string of the molecule is C/C(=N/NC(=O)c1ccc(CN2CCN(c3ccccc3)CC2)cc1)c1cccc(I)c1. The van der Waals surface area contributed by atoms with E-state index in [0.29, 0.717) is 5.56 Å². The number of hydrogen-bond donors (Lipinski definition) is 1. The van der Waals surface area contributed by atoms with Crippen LogP contribution in [0.3, 0.4) is 0 Å². The Balaban J connectivity index is 1.28. The fourth-order valence-electron chi connectivity index (χ4n) is 3.80. The van der Waals surface area contributed by atoms with E-state index in [-0.39, 0.29) is 5.91 Å². The minimum atomic E-state index is -0.196. The number of anilines is 1. The van der Waals surface area contributed by atoms with Crippen LogP contribution in [-0.2, 0) is 6.54 Å². The molecule has 1 aliphatic rings. The number of piperazine rings is 1. The molecule has 1 heterocycles. The molecule has 0 aromatic heterocycles. The lowest BCUT2D eigenvalue weighted by atomic mass is 10.1. The van der Waals surface area contributed by atoms with Crippen molar-refractivity contribution in [2.24, 2.45) is 5.10 Å². The molecule has 3 aromatic carbocycles. The molecule has 164 valence electrons. The minimum absolute atomic E-state index is 0.196. The molecule has 1 aliphatic heterocycles. The Hall–Kier alpha value is -2.71. The molecule has 0 unspecified atom stereocenters. The molecule has 0 bridgehead atoms. The van der Waals surface area contributed by atoms with E-state index in [1.165, 1.54) is 11.3 Å². The van der Waals surface area contributed by atoms with Crippen LogP contribution < -0.4 is 10.3 Å². The average Bonchev–Trinajstić information content (AvgIpc) is 2.84. The van der Waals surface area contributed by atoms with Crippen molar-refractivity contribution in [2.45, 2.75) is 13.5 Å². The van der Waals surface area contributed by atoms with Gasteiger partial charge in [-0.3, -0.25) is 9.69 Å². The van der Waals surface area contributed by atoms with Gasteiger partial charge in [-0.1, -0.05) is 42.5 Å². The van der Waals surface area contributed by atoms with Gasteiger partial charge in [-0.05, 0) is 77.0 Å². The molecular formula is C26H27IN4O. The lowest BCUT2D eigenvalue weighted by molar-refractivity contribution is 0.0955. The number of hydrazone groups is 1. The monoisotopic (exact) mass is 538 g/mol. The average molecular weight is 538 g/mol. The van der Waals surface area contributed by atoms with Crippen molar-refractivity contribution in [3.8, 4) is 0 Å². The quantitative estimate of drug-likeness (QED) is 0.280. The smallest absolute Gasteiger partial charge is 0.271 e. The summed E-state index contributed by atoms with van der Waals surface area (Å²) in [6.07, 6.45) is 0. The first-order chi connectivity index (χ1) is 15.6. The van der Waals surface area contributed by atoms with Crippen molar-refractivity contribution in [1.29, 1.82) is 0 Å². The summed E-state index contributed by atoms with van der Waals surface area (Å²) in [7, 11) is 0. The van der Waals surface area contributed by atoms with Crippen LogP contribution in [0.1, 0.15) is 28.4 Å². The summed E-state index contributed by atoms with van der Waals surface area (Å²) in [5, 5.41) is 4.26. The predicted octanol–water partition coefficient (Wildman–Crippen LogP) is 4.77. The van der Waals surface area contributed by atoms with Gasteiger partial charge in [0.05, 0.1) is 5.71 Å². The van der Waals surface area contributed by atoms with Crippen LogP contribution in [0, 0.1) is 3.57 Å². The summed E-state index contributed by atoms with van der Waals surface area (Å²) in [4.78, 5) is 17.4. The van der Waals surface area contributed by atoms with Crippen molar-refractivity contribution in [2.75, 3.05) is 31.1 Å². The highest BCUT2D eigenvalue weighted by Gasteiger charge is 2.17. The second kappa shape index (κ2) is 10.7. The second-order valence-corrected chi connectivity index (χ2v) is 9.19. The Labute approximate surface area is 203 Å². The number of carbonyl (C=O) groups is 1. The molecule has 0 aliphatic carbocycles. The molecule has 4 rings (SSSR count). The molecule has 0 radical (unpaired) electrons. The molecule has 1 N–H and O–H groups in total. The largest absolute Gasteiger partial charge is 0.369 e. The number of para-hydroxylation sites is 1. The van der Waals surface area contributed by atoms with Crippen LogP contribution >= 0.6 is 22.6 Å². The normalized spacial score (nSPS) is 14.9. The van der Waals surface area contributed by atoms with Crippen LogP contribution in [-0.4, -0.2) is 42.7 Å². The molecule has 0 saturated carbocycles. The van der Waals surface area contributed by atoms with E-state index < -0.39 is 0 Å². The first-order valence-electron chi connectivity index (χ1n) is 10.8. The maximum atomic E-state index is 12.5. The maximum Gasteiger partial charge on any atom is 0.271 e. The van der Waals surface area contributed by atoms with Crippen molar-refractivity contribution >= 4 is 39.9 Å². The van der Waals surface area contributed by atoms with Gasteiger partial charge in [0.25, 0.3) is 5.91 Å². The van der Waals surface area contributed by atoms with Crippen molar-refractivity contribution < 1.29 is 4.79 Å². The number of rotatable bonds is 6. The molecular weight excluding hydrogens is 511 g/mol. The molecule has 5 nitrogen and oxygen atoms in total. The van der Waals surface area contributed by atoms with Gasteiger partial charge >= 0.3 is 0 Å². The van der Waals surface area contributed by atoms with Gasteiger partial charge in [0.1, 0.15) is 0 Å². The van der Waals surface area contributed by atoms with Crippen LogP contribution in [0.15, 0.2) is 84.0 Å². The lowest BCUT2D eigenvalue weighted by Gasteiger charge is -2.36. The summed E-state index contributed by atoms with van der Waals surface area (Å²) in [6.45, 7) is 6.92. The summed E-state index contributed by atoms with van der Waals surface area (Å²) in [5.41, 5.74) is 7.57. The summed E-state index contributed by atoms with van der Waals surface area (Å²) >= 11 is 2.27. The van der Waals surface area contributed by atoms with Gasteiger partial charge in [0.15, 0.2) is 0 Å². The van der Waals surface area contributed by atoms with Crippen molar-refractivity contribution in [1.82, 2.24) is 10.3 Å². The Morgan fingerprint density at radius 2 is 1.62 bits per heavy atom. The third kappa shape index (κ3) is 5.95. The highest BCUT2D eigenvalue weighted by atomic mass is 127. The molecule has 3 aromatic rings. The van der Waals surface area contributed by atoms with E-state index in [4.69, 9.17) is 0 Å². The highest BCUT2D eigenvalue weighted by molar-refractivity contribution is 14.1. The third-order valence-corrected chi connectivity index (χ3v) is 6.35. The van der Waals surface area contributed by atoms with Crippen LogP contribution in [0.2, 0.25) is 0 Å². The van der Waals surface area contributed by atoms with E-state index in [1.807, 2.05) is 55.5 Å². The van der Waals surface area contributed by atoms with Gasteiger partial charge in [-0.15, -0.1) is 0 Å². The number of nitrogens with one attached hydrogen (secondary N) is 1. The van der Waals surface area contributed by atoms with E-state index in [1.54, 1.807) is 0 Å². The summed E-state index contributed by atoms with van der Waals surface area (Å²) in [6, 6.07) is 26.5. The zero-order valence-electron chi connectivity index (χ0n) is 18.2. The Kier molecular flexibility index (Phi) is 7.55. The number of amides is 1. The predicted molar refractivity (Wildman–Crippen MR) is 139 cm³/mol. The summed E-state index contributed by atoms with van der Waals surface area (Å²) < 4.78 is 1.14.